The Hall–Kier alpha value is -2.82. The molecule has 2 aromatic carbocycles. The zero-order chi connectivity index (χ0) is 23.8. The quantitative estimate of drug-likeness (QED) is 0.500. The number of nitrogens with one attached hydrogen (secondary N) is 2. The van der Waals surface area contributed by atoms with Gasteiger partial charge in [-0.2, -0.15) is 4.31 Å². The molecule has 1 atom stereocenters. The summed E-state index contributed by atoms with van der Waals surface area (Å²) in [4.78, 5) is 25.4. The number of halogens is 1. The van der Waals surface area contributed by atoms with Crippen LogP contribution in [0.5, 0.6) is 0 Å². The van der Waals surface area contributed by atoms with Gasteiger partial charge in [0.15, 0.2) is 0 Å². The minimum Gasteiger partial charge on any atom is -0.395 e. The molecule has 33 heavy (non-hydrogen) atoms. The zero-order valence-corrected chi connectivity index (χ0v) is 18.9. The topological polar surface area (TPSA) is 116 Å². The van der Waals surface area contributed by atoms with E-state index in [1.807, 2.05) is 30.3 Å². The number of hydrogen-bond acceptors (Lipinski definition) is 5. The predicted octanol–water partition coefficient (Wildman–Crippen LogP) is 1.06. The van der Waals surface area contributed by atoms with Gasteiger partial charge in [0, 0.05) is 32.0 Å². The van der Waals surface area contributed by atoms with Gasteiger partial charge in [-0.1, -0.05) is 30.3 Å². The van der Waals surface area contributed by atoms with Crippen LogP contribution < -0.4 is 10.6 Å². The largest absolute Gasteiger partial charge is 0.395 e. The van der Waals surface area contributed by atoms with Crippen LogP contribution in [-0.4, -0.2) is 61.9 Å². The second kappa shape index (κ2) is 11.4. The smallest absolute Gasteiger partial charge is 0.243 e. The van der Waals surface area contributed by atoms with Crippen LogP contribution in [0.1, 0.15) is 18.4 Å². The summed E-state index contributed by atoms with van der Waals surface area (Å²) in [6, 6.07) is 13.1. The molecule has 2 aromatic rings. The molecule has 2 amide bonds. The van der Waals surface area contributed by atoms with Gasteiger partial charge in [-0.25, -0.2) is 12.8 Å². The highest BCUT2D eigenvalue weighted by molar-refractivity contribution is 7.89. The number of hydrogen-bond donors (Lipinski definition) is 3. The van der Waals surface area contributed by atoms with Crippen molar-refractivity contribution in [2.45, 2.75) is 30.2 Å². The molecule has 1 heterocycles. The minimum absolute atomic E-state index is 0.00952. The fourth-order valence-corrected chi connectivity index (χ4v) is 5.23. The zero-order valence-electron chi connectivity index (χ0n) is 18.1. The number of rotatable bonds is 9. The lowest BCUT2D eigenvalue weighted by atomic mass is 9.96. The van der Waals surface area contributed by atoms with Gasteiger partial charge in [-0.05, 0) is 42.7 Å². The highest BCUT2D eigenvalue weighted by atomic mass is 32.2. The maximum Gasteiger partial charge on any atom is 0.243 e. The SMILES string of the molecule is O=C(N[C@@H](Cc1ccccc1)C(=O)NCCO)C1CCN(S(=O)(=O)c2ccc(F)cc2)CC1. The Kier molecular flexibility index (Phi) is 8.54. The summed E-state index contributed by atoms with van der Waals surface area (Å²) >= 11 is 0. The van der Waals surface area contributed by atoms with E-state index in [0.717, 1.165) is 17.7 Å². The van der Waals surface area contributed by atoms with E-state index in [-0.39, 0.29) is 37.0 Å². The number of carbonyl (C=O) groups is 2. The number of aliphatic hydroxyl groups is 1. The van der Waals surface area contributed by atoms with Gasteiger partial charge in [-0.15, -0.1) is 0 Å². The standard InChI is InChI=1S/C23H28FN3O5S/c24-19-6-8-20(9-7-19)33(31,32)27-13-10-18(11-14-27)22(29)26-21(23(30)25-12-15-28)16-17-4-2-1-3-5-17/h1-9,18,21,28H,10-16H2,(H,25,30)(H,26,29)/t21-/m0/s1. The average molecular weight is 478 g/mol. The third-order valence-electron chi connectivity index (χ3n) is 5.60. The molecule has 0 aromatic heterocycles. The summed E-state index contributed by atoms with van der Waals surface area (Å²) in [7, 11) is -3.77. The molecule has 1 saturated heterocycles. The summed E-state index contributed by atoms with van der Waals surface area (Å²) in [5.74, 6) is -1.66. The van der Waals surface area contributed by atoms with Gasteiger partial charge in [0.1, 0.15) is 11.9 Å². The first kappa shape index (κ1) is 24.8. The normalized spacial score (nSPS) is 16.2. The Morgan fingerprint density at radius 2 is 1.70 bits per heavy atom. The molecule has 8 nitrogen and oxygen atoms in total. The van der Waals surface area contributed by atoms with Crippen LogP contribution in [-0.2, 0) is 26.0 Å². The molecular weight excluding hydrogens is 449 g/mol. The highest BCUT2D eigenvalue weighted by Gasteiger charge is 2.33. The number of nitrogens with zero attached hydrogens (tertiary/aromatic N) is 1. The predicted molar refractivity (Wildman–Crippen MR) is 120 cm³/mol. The molecule has 3 N–H and O–H groups in total. The fourth-order valence-electron chi connectivity index (χ4n) is 3.76. The Labute approximate surface area is 192 Å². The van der Waals surface area contributed by atoms with Gasteiger partial charge < -0.3 is 15.7 Å². The first-order valence-corrected chi connectivity index (χ1v) is 12.2. The number of benzene rings is 2. The van der Waals surface area contributed by atoms with E-state index in [2.05, 4.69) is 10.6 Å². The maximum absolute atomic E-state index is 13.1. The molecule has 1 aliphatic rings. The van der Waals surface area contributed by atoms with Crippen molar-refractivity contribution in [3.05, 3.63) is 66.0 Å². The number of carbonyl (C=O) groups excluding carboxylic acids is 2. The van der Waals surface area contributed by atoms with E-state index < -0.39 is 33.7 Å². The third kappa shape index (κ3) is 6.59. The lowest BCUT2D eigenvalue weighted by Gasteiger charge is -2.31. The molecule has 0 unspecified atom stereocenters. The molecule has 1 fully saturated rings. The maximum atomic E-state index is 13.1. The first-order chi connectivity index (χ1) is 15.8. The summed E-state index contributed by atoms with van der Waals surface area (Å²) in [5.41, 5.74) is 0.877. The molecule has 3 rings (SSSR count). The number of amides is 2. The molecule has 0 aliphatic carbocycles. The van der Waals surface area contributed by atoms with Crippen molar-refractivity contribution in [3.63, 3.8) is 0 Å². The van der Waals surface area contributed by atoms with E-state index in [9.17, 15) is 22.4 Å². The van der Waals surface area contributed by atoms with Crippen LogP contribution in [0, 0.1) is 11.7 Å². The number of aliphatic hydroxyl groups excluding tert-OH is 1. The van der Waals surface area contributed by atoms with Gasteiger partial charge in [0.05, 0.1) is 11.5 Å². The molecule has 0 spiro atoms. The van der Waals surface area contributed by atoms with Crippen molar-refractivity contribution in [1.29, 1.82) is 0 Å². The van der Waals surface area contributed by atoms with E-state index >= 15 is 0 Å². The van der Waals surface area contributed by atoms with Crippen molar-refractivity contribution < 1.29 is 27.5 Å². The van der Waals surface area contributed by atoms with Crippen molar-refractivity contribution in [2.24, 2.45) is 5.92 Å². The van der Waals surface area contributed by atoms with Crippen LogP contribution >= 0.6 is 0 Å². The Morgan fingerprint density at radius 1 is 1.06 bits per heavy atom. The second-order valence-corrected chi connectivity index (χ2v) is 9.84. The molecule has 0 saturated carbocycles. The Bertz CT molecular complexity index is 1040. The van der Waals surface area contributed by atoms with Crippen molar-refractivity contribution in [2.75, 3.05) is 26.2 Å². The third-order valence-corrected chi connectivity index (χ3v) is 7.52. The molecule has 10 heteroatoms. The van der Waals surface area contributed by atoms with Crippen LogP contribution in [0.3, 0.4) is 0 Å². The average Bonchev–Trinajstić information content (AvgIpc) is 2.83. The lowest BCUT2D eigenvalue weighted by molar-refractivity contribution is -0.131. The van der Waals surface area contributed by atoms with Crippen LogP contribution in [0.25, 0.3) is 0 Å². The van der Waals surface area contributed by atoms with Gasteiger partial charge >= 0.3 is 0 Å². The van der Waals surface area contributed by atoms with Crippen molar-refractivity contribution in [3.8, 4) is 0 Å². The van der Waals surface area contributed by atoms with Crippen molar-refractivity contribution >= 4 is 21.8 Å². The number of piperidine rings is 1. The van der Waals surface area contributed by atoms with E-state index in [0.29, 0.717) is 19.3 Å². The van der Waals surface area contributed by atoms with Crippen LogP contribution in [0.2, 0.25) is 0 Å². The van der Waals surface area contributed by atoms with Gasteiger partial charge in [0.2, 0.25) is 21.8 Å². The molecule has 0 bridgehead atoms. The second-order valence-electron chi connectivity index (χ2n) is 7.90. The molecule has 178 valence electrons. The van der Waals surface area contributed by atoms with Crippen molar-refractivity contribution in [1.82, 2.24) is 14.9 Å². The summed E-state index contributed by atoms with van der Waals surface area (Å²) < 4.78 is 40.0. The van der Waals surface area contributed by atoms with E-state index in [1.165, 1.54) is 16.4 Å². The van der Waals surface area contributed by atoms with Gasteiger partial charge in [0.25, 0.3) is 0 Å². The molecule has 0 radical (unpaired) electrons. The monoisotopic (exact) mass is 477 g/mol. The van der Waals surface area contributed by atoms with E-state index in [1.54, 1.807) is 0 Å². The molecular formula is C23H28FN3O5S. The molecule has 1 aliphatic heterocycles. The minimum atomic E-state index is -3.77. The number of sulfonamides is 1. The highest BCUT2D eigenvalue weighted by Crippen LogP contribution is 2.24. The first-order valence-electron chi connectivity index (χ1n) is 10.8. The van der Waals surface area contributed by atoms with E-state index in [4.69, 9.17) is 5.11 Å². The summed E-state index contributed by atoms with van der Waals surface area (Å²) in [5, 5.41) is 14.4. The fraction of sp³-hybridized carbons (Fsp3) is 0.391. The summed E-state index contributed by atoms with van der Waals surface area (Å²) in [6.45, 7) is 0.175. The Morgan fingerprint density at radius 3 is 2.30 bits per heavy atom. The van der Waals surface area contributed by atoms with Gasteiger partial charge in [-0.3, -0.25) is 9.59 Å². The van der Waals surface area contributed by atoms with Crippen LogP contribution in [0.15, 0.2) is 59.5 Å². The Balaban J connectivity index is 1.61. The van der Waals surface area contributed by atoms with Crippen LogP contribution in [0.4, 0.5) is 4.39 Å². The summed E-state index contributed by atoms with van der Waals surface area (Å²) in [6.07, 6.45) is 0.910. The lowest BCUT2D eigenvalue weighted by Crippen LogP contribution is -2.51.